The standard InChI is InChI=1S/C12H17ClN4O3S/c1-9(3-4-14)17-21(19,20)10-7-11(13)12(16-8-10)15-5-2-6-18/h7-9,17-18H,2-3,5-6H2,1H3,(H,15,16). The molecule has 116 valence electrons. The normalized spacial score (nSPS) is 12.7. The molecule has 0 spiro atoms. The second-order valence-electron chi connectivity index (χ2n) is 4.39. The molecule has 0 bridgehead atoms. The molecule has 1 heterocycles. The van der Waals surface area contributed by atoms with Gasteiger partial charge in [0, 0.05) is 25.4 Å². The Balaban J connectivity index is 2.85. The number of nitrogens with one attached hydrogen (secondary N) is 2. The van der Waals surface area contributed by atoms with Crippen LogP contribution in [-0.4, -0.2) is 37.7 Å². The molecule has 1 rings (SSSR count). The summed E-state index contributed by atoms with van der Waals surface area (Å²) in [5, 5.41) is 20.3. The van der Waals surface area contributed by atoms with Crippen molar-refractivity contribution in [2.75, 3.05) is 18.5 Å². The summed E-state index contributed by atoms with van der Waals surface area (Å²) in [6.07, 6.45) is 1.79. The maximum atomic E-state index is 12.1. The lowest BCUT2D eigenvalue weighted by molar-refractivity contribution is 0.292. The minimum atomic E-state index is -3.76. The fraction of sp³-hybridized carbons (Fsp3) is 0.500. The summed E-state index contributed by atoms with van der Waals surface area (Å²) in [6.45, 7) is 2.12. The molecule has 9 heteroatoms. The molecule has 1 unspecified atom stereocenters. The van der Waals surface area contributed by atoms with Crippen LogP contribution < -0.4 is 10.0 Å². The molecule has 0 aromatic carbocycles. The molecular weight excluding hydrogens is 316 g/mol. The molecule has 0 fully saturated rings. The maximum absolute atomic E-state index is 12.1. The number of hydrogen-bond acceptors (Lipinski definition) is 6. The van der Waals surface area contributed by atoms with Gasteiger partial charge in [-0.25, -0.2) is 18.1 Å². The zero-order valence-corrected chi connectivity index (χ0v) is 13.1. The van der Waals surface area contributed by atoms with Crippen LogP contribution in [0.1, 0.15) is 19.8 Å². The Morgan fingerprint density at radius 1 is 1.57 bits per heavy atom. The highest BCUT2D eigenvalue weighted by Gasteiger charge is 2.19. The van der Waals surface area contributed by atoms with Crippen LogP contribution in [-0.2, 0) is 10.0 Å². The number of nitriles is 1. The highest BCUT2D eigenvalue weighted by atomic mass is 35.5. The van der Waals surface area contributed by atoms with E-state index in [1.165, 1.54) is 12.3 Å². The van der Waals surface area contributed by atoms with Gasteiger partial charge in [-0.15, -0.1) is 0 Å². The number of aliphatic hydroxyl groups is 1. The molecule has 3 N–H and O–H groups in total. The SMILES string of the molecule is CC(CC#N)NS(=O)(=O)c1cnc(NCCCO)c(Cl)c1. The Labute approximate surface area is 129 Å². The number of pyridine rings is 1. The van der Waals surface area contributed by atoms with E-state index >= 15 is 0 Å². The van der Waals surface area contributed by atoms with E-state index in [4.69, 9.17) is 22.0 Å². The summed E-state index contributed by atoms with van der Waals surface area (Å²) in [6, 6.07) is 2.68. The van der Waals surface area contributed by atoms with Crippen LogP contribution in [0, 0.1) is 11.3 Å². The molecule has 0 saturated heterocycles. The minimum Gasteiger partial charge on any atom is -0.396 e. The number of aromatic nitrogens is 1. The Morgan fingerprint density at radius 3 is 2.86 bits per heavy atom. The molecule has 0 aliphatic heterocycles. The fourth-order valence-corrected chi connectivity index (χ4v) is 3.01. The quantitative estimate of drug-likeness (QED) is 0.614. The third-order valence-electron chi connectivity index (χ3n) is 2.51. The predicted molar refractivity (Wildman–Crippen MR) is 79.5 cm³/mol. The maximum Gasteiger partial charge on any atom is 0.242 e. The zero-order valence-electron chi connectivity index (χ0n) is 11.5. The van der Waals surface area contributed by atoms with Crippen molar-refractivity contribution in [2.24, 2.45) is 0 Å². The van der Waals surface area contributed by atoms with Crippen molar-refractivity contribution in [3.8, 4) is 6.07 Å². The topological polar surface area (TPSA) is 115 Å². The molecule has 21 heavy (non-hydrogen) atoms. The summed E-state index contributed by atoms with van der Waals surface area (Å²) in [5.74, 6) is 0.356. The van der Waals surface area contributed by atoms with Crippen molar-refractivity contribution < 1.29 is 13.5 Å². The molecule has 0 saturated carbocycles. The van der Waals surface area contributed by atoms with Gasteiger partial charge >= 0.3 is 0 Å². The van der Waals surface area contributed by atoms with Gasteiger partial charge in [0.1, 0.15) is 10.7 Å². The highest BCUT2D eigenvalue weighted by Crippen LogP contribution is 2.22. The van der Waals surface area contributed by atoms with E-state index in [0.717, 1.165) is 0 Å². The molecule has 1 aromatic rings. The molecular formula is C12H17ClN4O3S. The molecule has 7 nitrogen and oxygen atoms in total. The first-order valence-corrected chi connectivity index (χ1v) is 8.16. The van der Waals surface area contributed by atoms with E-state index in [1.807, 2.05) is 6.07 Å². The molecule has 1 aromatic heterocycles. The Bertz CT molecular complexity index is 615. The molecule has 0 aliphatic rings. The number of sulfonamides is 1. The van der Waals surface area contributed by atoms with E-state index < -0.39 is 16.1 Å². The molecule has 1 atom stereocenters. The number of anilines is 1. The van der Waals surface area contributed by atoms with Gasteiger partial charge < -0.3 is 10.4 Å². The van der Waals surface area contributed by atoms with Gasteiger partial charge in [-0.1, -0.05) is 11.6 Å². The summed E-state index contributed by atoms with van der Waals surface area (Å²) in [5.41, 5.74) is 0. The smallest absolute Gasteiger partial charge is 0.242 e. The van der Waals surface area contributed by atoms with Crippen molar-refractivity contribution in [3.63, 3.8) is 0 Å². The van der Waals surface area contributed by atoms with Gasteiger partial charge in [-0.05, 0) is 19.4 Å². The predicted octanol–water partition coefficient (Wildman–Crippen LogP) is 1.11. The van der Waals surface area contributed by atoms with E-state index in [2.05, 4.69) is 15.0 Å². The average molecular weight is 333 g/mol. The number of aliphatic hydroxyl groups excluding tert-OH is 1. The van der Waals surface area contributed by atoms with Crippen molar-refractivity contribution >= 4 is 27.4 Å². The van der Waals surface area contributed by atoms with Gasteiger partial charge in [0.25, 0.3) is 0 Å². The largest absolute Gasteiger partial charge is 0.396 e. The van der Waals surface area contributed by atoms with Crippen LogP contribution in [0.4, 0.5) is 5.82 Å². The van der Waals surface area contributed by atoms with E-state index in [-0.39, 0.29) is 22.9 Å². The minimum absolute atomic E-state index is 0.0395. The number of nitrogens with zero attached hydrogens (tertiary/aromatic N) is 2. The number of halogens is 1. The van der Waals surface area contributed by atoms with Crippen LogP contribution >= 0.6 is 11.6 Å². The monoisotopic (exact) mass is 332 g/mol. The molecule has 0 radical (unpaired) electrons. The number of hydrogen-bond donors (Lipinski definition) is 3. The second-order valence-corrected chi connectivity index (χ2v) is 6.51. The highest BCUT2D eigenvalue weighted by molar-refractivity contribution is 7.89. The van der Waals surface area contributed by atoms with E-state index in [1.54, 1.807) is 6.92 Å². The summed E-state index contributed by atoms with van der Waals surface area (Å²) in [4.78, 5) is 3.90. The number of rotatable bonds is 8. The van der Waals surface area contributed by atoms with Crippen LogP contribution in [0.2, 0.25) is 5.02 Å². The third kappa shape index (κ3) is 5.47. The van der Waals surface area contributed by atoms with Gasteiger partial charge in [0.05, 0.1) is 17.5 Å². The van der Waals surface area contributed by atoms with Gasteiger partial charge in [-0.3, -0.25) is 0 Å². The first-order chi connectivity index (χ1) is 9.90. The average Bonchev–Trinajstić information content (AvgIpc) is 2.40. The summed E-state index contributed by atoms with van der Waals surface area (Å²) in [7, 11) is -3.76. The molecule has 0 amide bonds. The first-order valence-electron chi connectivity index (χ1n) is 6.30. The van der Waals surface area contributed by atoms with E-state index in [9.17, 15) is 8.42 Å². The third-order valence-corrected chi connectivity index (χ3v) is 4.35. The summed E-state index contributed by atoms with van der Waals surface area (Å²) < 4.78 is 26.5. The van der Waals surface area contributed by atoms with Gasteiger partial charge in [0.15, 0.2) is 0 Å². The van der Waals surface area contributed by atoms with Crippen molar-refractivity contribution in [3.05, 3.63) is 17.3 Å². The lowest BCUT2D eigenvalue weighted by atomic mass is 10.3. The summed E-state index contributed by atoms with van der Waals surface area (Å²) >= 11 is 5.98. The lowest BCUT2D eigenvalue weighted by Gasteiger charge is -2.12. The lowest BCUT2D eigenvalue weighted by Crippen LogP contribution is -2.32. The second kappa shape index (κ2) is 8.14. The van der Waals surface area contributed by atoms with Crippen LogP contribution in [0.5, 0.6) is 0 Å². The van der Waals surface area contributed by atoms with Crippen molar-refractivity contribution in [1.29, 1.82) is 5.26 Å². The Hall–Kier alpha value is -1.40. The first kappa shape index (κ1) is 17.7. The van der Waals surface area contributed by atoms with Crippen molar-refractivity contribution in [1.82, 2.24) is 9.71 Å². The fourth-order valence-electron chi connectivity index (χ4n) is 1.49. The van der Waals surface area contributed by atoms with Crippen molar-refractivity contribution in [2.45, 2.75) is 30.7 Å². The zero-order chi connectivity index (χ0) is 15.9. The van der Waals surface area contributed by atoms with Crippen LogP contribution in [0.25, 0.3) is 0 Å². The molecule has 0 aliphatic carbocycles. The Kier molecular flexibility index (Phi) is 6.84. The van der Waals surface area contributed by atoms with Crippen LogP contribution in [0.3, 0.4) is 0 Å². The van der Waals surface area contributed by atoms with Crippen LogP contribution in [0.15, 0.2) is 17.2 Å². The van der Waals surface area contributed by atoms with Gasteiger partial charge in [0.2, 0.25) is 10.0 Å². The Morgan fingerprint density at radius 2 is 2.29 bits per heavy atom. The van der Waals surface area contributed by atoms with E-state index in [0.29, 0.717) is 18.8 Å². The van der Waals surface area contributed by atoms with Gasteiger partial charge in [-0.2, -0.15) is 5.26 Å².